The summed E-state index contributed by atoms with van der Waals surface area (Å²) < 4.78 is 37.8. The number of carbonyl (C=O) groups excluding carboxylic acids is 1. The zero-order chi connectivity index (χ0) is 18.6. The lowest BCUT2D eigenvalue weighted by Gasteiger charge is -2.31. The van der Waals surface area contributed by atoms with E-state index in [2.05, 4.69) is 15.4 Å². The van der Waals surface area contributed by atoms with Crippen LogP contribution in [-0.4, -0.2) is 35.0 Å². The Morgan fingerprint density at radius 2 is 1.96 bits per heavy atom. The maximum atomic E-state index is 12.6. The summed E-state index contributed by atoms with van der Waals surface area (Å²) in [4.78, 5) is 23.7. The largest absolute Gasteiger partial charge is 0.416 e. The highest BCUT2D eigenvalue weighted by molar-refractivity contribution is 7.11. The molecule has 0 atom stereocenters. The lowest BCUT2D eigenvalue weighted by molar-refractivity contribution is -0.137. The Balaban J connectivity index is 1.41. The molecule has 1 aromatic carbocycles. The predicted molar refractivity (Wildman–Crippen MR) is 90.4 cm³/mol. The maximum Gasteiger partial charge on any atom is 0.416 e. The Bertz CT molecular complexity index is 712. The normalized spacial score (nSPS) is 16.6. The summed E-state index contributed by atoms with van der Waals surface area (Å²) in [6, 6.07) is 5.25. The first-order valence-corrected chi connectivity index (χ1v) is 9.03. The lowest BCUT2D eigenvalue weighted by atomic mass is 10.1. The summed E-state index contributed by atoms with van der Waals surface area (Å²) in [6.07, 6.45) is -1.42. The van der Waals surface area contributed by atoms with Gasteiger partial charge in [0.1, 0.15) is 4.88 Å². The summed E-state index contributed by atoms with van der Waals surface area (Å²) in [5, 5.41) is 0. The topological polar surface area (TPSA) is 54.5 Å². The average Bonchev–Trinajstić information content (AvgIpc) is 3.15. The first kappa shape index (κ1) is 18.8. The van der Waals surface area contributed by atoms with Crippen LogP contribution in [0.5, 0.6) is 0 Å². The van der Waals surface area contributed by atoms with Gasteiger partial charge in [-0.15, -0.1) is 11.3 Å². The molecule has 9 heteroatoms. The lowest BCUT2D eigenvalue weighted by Crippen LogP contribution is -2.39. The van der Waals surface area contributed by atoms with Crippen LogP contribution in [0.4, 0.5) is 13.2 Å². The molecule has 2 aromatic rings. The number of benzene rings is 1. The summed E-state index contributed by atoms with van der Waals surface area (Å²) in [5.74, 6) is -0.306. The van der Waals surface area contributed by atoms with Crippen LogP contribution in [0.15, 0.2) is 36.0 Å². The summed E-state index contributed by atoms with van der Waals surface area (Å²) in [5.41, 5.74) is 4.23. The highest BCUT2D eigenvalue weighted by Crippen LogP contribution is 2.29. The van der Waals surface area contributed by atoms with E-state index < -0.39 is 11.7 Å². The van der Waals surface area contributed by atoms with Crippen molar-refractivity contribution in [2.24, 2.45) is 0 Å². The molecule has 0 unspecified atom stereocenters. The minimum Gasteiger partial charge on any atom is -0.299 e. The third-order valence-corrected chi connectivity index (χ3v) is 4.97. The van der Waals surface area contributed by atoms with E-state index in [4.69, 9.17) is 4.84 Å². The number of hydrogen-bond acceptors (Lipinski definition) is 5. The number of hydroxylamine groups is 1. The van der Waals surface area contributed by atoms with Crippen molar-refractivity contribution in [1.29, 1.82) is 0 Å². The molecule has 0 spiro atoms. The van der Waals surface area contributed by atoms with Crippen LogP contribution in [0.2, 0.25) is 0 Å². The number of aromatic nitrogens is 1. The number of nitrogens with one attached hydrogen (secondary N) is 1. The van der Waals surface area contributed by atoms with Crippen molar-refractivity contribution in [3.8, 4) is 0 Å². The number of halogens is 3. The van der Waals surface area contributed by atoms with Gasteiger partial charge in [-0.25, -0.2) is 5.48 Å². The average molecular weight is 385 g/mol. The van der Waals surface area contributed by atoms with E-state index in [-0.39, 0.29) is 12.0 Å². The molecular weight excluding hydrogens is 367 g/mol. The molecule has 0 bridgehead atoms. The Morgan fingerprint density at radius 1 is 1.27 bits per heavy atom. The number of alkyl halides is 3. The number of amides is 1. The van der Waals surface area contributed by atoms with Gasteiger partial charge in [0.25, 0.3) is 5.91 Å². The molecule has 1 saturated heterocycles. The van der Waals surface area contributed by atoms with E-state index in [1.54, 1.807) is 5.51 Å². The zero-order valence-corrected chi connectivity index (χ0v) is 14.6. The first-order valence-electron chi connectivity index (χ1n) is 8.15. The summed E-state index contributed by atoms with van der Waals surface area (Å²) >= 11 is 1.24. The molecule has 3 rings (SSSR count). The number of nitrogens with zero attached hydrogens (tertiary/aromatic N) is 2. The second-order valence-corrected chi connectivity index (χ2v) is 6.97. The Kier molecular flexibility index (Phi) is 5.90. The van der Waals surface area contributed by atoms with Gasteiger partial charge in [-0.2, -0.15) is 13.2 Å². The van der Waals surface area contributed by atoms with E-state index in [9.17, 15) is 18.0 Å². The van der Waals surface area contributed by atoms with Gasteiger partial charge in [-0.1, -0.05) is 12.1 Å². The van der Waals surface area contributed by atoms with Gasteiger partial charge in [0.15, 0.2) is 0 Å². The second-order valence-electron chi connectivity index (χ2n) is 6.08. The number of thiazole rings is 1. The molecule has 1 fully saturated rings. The number of likely N-dealkylation sites (tertiary alicyclic amines) is 1. The molecule has 140 valence electrons. The summed E-state index contributed by atoms with van der Waals surface area (Å²) in [7, 11) is 0. The van der Waals surface area contributed by atoms with E-state index in [1.807, 2.05) is 0 Å². The van der Waals surface area contributed by atoms with Crippen LogP contribution < -0.4 is 5.48 Å². The monoisotopic (exact) mass is 385 g/mol. The summed E-state index contributed by atoms with van der Waals surface area (Å²) in [6.45, 7) is 2.10. The Labute approximate surface area is 152 Å². The fourth-order valence-corrected chi connectivity index (χ4v) is 3.26. The highest BCUT2D eigenvalue weighted by atomic mass is 32.1. The van der Waals surface area contributed by atoms with Gasteiger partial charge in [-0.05, 0) is 30.5 Å². The maximum absolute atomic E-state index is 12.6. The van der Waals surface area contributed by atoms with Crippen molar-refractivity contribution in [3.05, 3.63) is 52.0 Å². The highest BCUT2D eigenvalue weighted by Gasteiger charge is 2.30. The standard InChI is InChI=1S/C17H18F3N3O2S/c18-17(19,20)13-3-1-12(2-4-13)10-23-7-5-14(6-8-23)25-22-16(24)15-9-21-11-26-15/h1-4,9,11,14H,5-8,10H2,(H,22,24). The molecule has 1 aliphatic heterocycles. The molecule has 26 heavy (non-hydrogen) atoms. The second kappa shape index (κ2) is 8.15. The Morgan fingerprint density at radius 3 is 2.54 bits per heavy atom. The molecule has 0 radical (unpaired) electrons. The molecule has 1 aliphatic rings. The molecule has 5 nitrogen and oxygen atoms in total. The van der Waals surface area contributed by atoms with Crippen LogP contribution in [-0.2, 0) is 17.6 Å². The van der Waals surface area contributed by atoms with Gasteiger partial charge in [-0.3, -0.25) is 19.5 Å². The number of piperidine rings is 1. The number of rotatable bonds is 5. The fourth-order valence-electron chi connectivity index (χ4n) is 2.76. The zero-order valence-electron chi connectivity index (χ0n) is 13.8. The number of carbonyl (C=O) groups is 1. The Hall–Kier alpha value is -1.97. The van der Waals surface area contributed by atoms with Crippen molar-refractivity contribution in [2.75, 3.05) is 13.1 Å². The third kappa shape index (κ3) is 5.03. The van der Waals surface area contributed by atoms with Crippen LogP contribution in [0, 0.1) is 0 Å². The van der Waals surface area contributed by atoms with Crippen molar-refractivity contribution in [1.82, 2.24) is 15.4 Å². The predicted octanol–water partition coefficient (Wildman–Crippen LogP) is 3.49. The number of hydrogen-bond donors (Lipinski definition) is 1. The van der Waals surface area contributed by atoms with Crippen LogP contribution >= 0.6 is 11.3 Å². The quantitative estimate of drug-likeness (QED) is 0.801. The van der Waals surface area contributed by atoms with E-state index in [1.165, 1.54) is 29.7 Å². The van der Waals surface area contributed by atoms with Gasteiger partial charge in [0.05, 0.1) is 23.4 Å². The molecule has 0 saturated carbocycles. The molecule has 0 aliphatic carbocycles. The molecular formula is C17H18F3N3O2S. The van der Waals surface area contributed by atoms with Gasteiger partial charge in [0, 0.05) is 19.6 Å². The minimum atomic E-state index is -4.31. The van der Waals surface area contributed by atoms with Crippen LogP contribution in [0.1, 0.15) is 33.6 Å². The van der Waals surface area contributed by atoms with Gasteiger partial charge >= 0.3 is 6.18 Å². The fraction of sp³-hybridized carbons (Fsp3) is 0.412. The van der Waals surface area contributed by atoms with E-state index in [0.29, 0.717) is 11.4 Å². The van der Waals surface area contributed by atoms with Gasteiger partial charge in [0.2, 0.25) is 0 Å². The molecule has 2 heterocycles. The van der Waals surface area contributed by atoms with E-state index >= 15 is 0 Å². The first-order chi connectivity index (χ1) is 12.4. The molecule has 1 N–H and O–H groups in total. The van der Waals surface area contributed by atoms with Crippen molar-refractivity contribution in [2.45, 2.75) is 31.7 Å². The van der Waals surface area contributed by atoms with Crippen molar-refractivity contribution in [3.63, 3.8) is 0 Å². The van der Waals surface area contributed by atoms with Crippen molar-refractivity contribution < 1.29 is 22.8 Å². The van der Waals surface area contributed by atoms with E-state index in [0.717, 1.165) is 43.6 Å². The smallest absolute Gasteiger partial charge is 0.299 e. The third-order valence-electron chi connectivity index (χ3n) is 4.20. The minimum absolute atomic E-state index is 0.0734. The van der Waals surface area contributed by atoms with Crippen molar-refractivity contribution >= 4 is 17.2 Å². The van der Waals surface area contributed by atoms with Crippen LogP contribution in [0.25, 0.3) is 0 Å². The SMILES string of the molecule is O=C(NOC1CCN(Cc2ccc(C(F)(F)F)cc2)CC1)c1cncs1. The van der Waals surface area contributed by atoms with Crippen LogP contribution in [0.3, 0.4) is 0 Å². The molecule has 1 amide bonds. The molecule has 1 aromatic heterocycles. The van der Waals surface area contributed by atoms with Gasteiger partial charge < -0.3 is 0 Å².